The van der Waals surface area contributed by atoms with E-state index >= 15 is 0 Å². The molecule has 0 fully saturated rings. The highest BCUT2D eigenvalue weighted by atomic mass is 32.2. The average Bonchev–Trinajstić information content (AvgIpc) is 2.80. The van der Waals surface area contributed by atoms with Gasteiger partial charge in [0, 0.05) is 5.69 Å². The van der Waals surface area contributed by atoms with Gasteiger partial charge in [0.25, 0.3) is 0 Å². The number of nitrogens with one attached hydrogen (secondary N) is 2. The van der Waals surface area contributed by atoms with Crippen LogP contribution < -0.4 is 16.4 Å². The van der Waals surface area contributed by atoms with Gasteiger partial charge in [-0.15, -0.1) is 11.3 Å². The maximum absolute atomic E-state index is 11.8. The first-order chi connectivity index (χ1) is 9.49. The zero-order valence-corrected chi connectivity index (χ0v) is 12.6. The molecular weight excluding hydrogens is 296 g/mol. The first-order valence-corrected chi connectivity index (χ1v) is 7.85. The van der Waals surface area contributed by atoms with E-state index < -0.39 is 12.1 Å². The highest BCUT2D eigenvalue weighted by molar-refractivity contribution is 8.00. The van der Waals surface area contributed by atoms with Gasteiger partial charge in [0.05, 0.1) is 10.2 Å². The normalized spacial score (nSPS) is 12.1. The molecule has 1 aromatic heterocycles. The maximum atomic E-state index is 11.8. The van der Waals surface area contributed by atoms with Crippen LogP contribution in [-0.2, 0) is 4.79 Å². The molecule has 0 spiro atoms. The van der Waals surface area contributed by atoms with E-state index in [4.69, 9.17) is 5.73 Å². The van der Waals surface area contributed by atoms with Crippen molar-refractivity contribution in [1.82, 2.24) is 10.3 Å². The quantitative estimate of drug-likeness (QED) is 0.753. The van der Waals surface area contributed by atoms with Crippen molar-refractivity contribution in [3.05, 3.63) is 18.2 Å². The molecule has 6 nitrogen and oxygen atoms in total. The van der Waals surface area contributed by atoms with Gasteiger partial charge in [-0.25, -0.2) is 9.78 Å². The molecule has 1 unspecified atom stereocenters. The van der Waals surface area contributed by atoms with Crippen LogP contribution in [0, 0.1) is 0 Å². The molecule has 0 radical (unpaired) electrons. The summed E-state index contributed by atoms with van der Waals surface area (Å²) in [6.45, 7) is 1.57. The van der Waals surface area contributed by atoms with E-state index in [0.717, 1.165) is 14.6 Å². The largest absolute Gasteiger partial charge is 0.352 e. The lowest BCUT2D eigenvalue weighted by molar-refractivity contribution is -0.117. The molecule has 3 amide bonds. The molecule has 4 N–H and O–H groups in total. The molecule has 0 saturated carbocycles. The fraction of sp³-hybridized carbons (Fsp3) is 0.250. The molecule has 2 aromatic rings. The van der Waals surface area contributed by atoms with Gasteiger partial charge >= 0.3 is 6.03 Å². The summed E-state index contributed by atoms with van der Waals surface area (Å²) in [7, 11) is 0. The lowest BCUT2D eigenvalue weighted by atomic mass is 10.2. The number of thioether (sulfide) groups is 1. The lowest BCUT2D eigenvalue weighted by Gasteiger charge is -2.12. The van der Waals surface area contributed by atoms with Crippen molar-refractivity contribution in [2.45, 2.75) is 17.3 Å². The van der Waals surface area contributed by atoms with E-state index in [0.29, 0.717) is 5.69 Å². The third kappa shape index (κ3) is 3.40. The van der Waals surface area contributed by atoms with Gasteiger partial charge in [0.15, 0.2) is 4.34 Å². The van der Waals surface area contributed by atoms with Crippen molar-refractivity contribution in [1.29, 1.82) is 0 Å². The van der Waals surface area contributed by atoms with Gasteiger partial charge in [-0.3, -0.25) is 4.79 Å². The Balaban J connectivity index is 2.13. The number of benzene rings is 1. The first kappa shape index (κ1) is 14.6. The summed E-state index contributed by atoms with van der Waals surface area (Å²) in [5, 5.41) is 5.06. The second kappa shape index (κ2) is 6.10. The molecule has 1 aromatic carbocycles. The minimum Gasteiger partial charge on any atom is -0.352 e. The summed E-state index contributed by atoms with van der Waals surface area (Å²) >= 11 is 3.15. The molecule has 0 aliphatic rings. The molecule has 0 bridgehead atoms. The molecule has 8 heteroatoms. The molecular formula is C12H14N4O2S2. The Kier molecular flexibility index (Phi) is 4.46. The summed E-state index contributed by atoms with van der Waals surface area (Å²) in [5.74, 6) is -0.322. The van der Waals surface area contributed by atoms with Crippen molar-refractivity contribution in [2.24, 2.45) is 5.73 Å². The standard InChI is InChI=1S/C12H14N4O2S2/c1-6(14-11(13)18)10(17)15-7-3-4-8-9(5-7)20-12(16-8)19-2/h3-6H,1-2H3,(H,15,17)(H3,13,14,18). The van der Waals surface area contributed by atoms with Crippen LogP contribution in [0.3, 0.4) is 0 Å². The summed E-state index contributed by atoms with van der Waals surface area (Å²) in [6, 6.07) is 4.08. The Hall–Kier alpha value is -1.80. The summed E-state index contributed by atoms with van der Waals surface area (Å²) in [6.07, 6.45) is 1.97. The molecule has 0 aliphatic heterocycles. The Morgan fingerprint density at radius 3 is 2.85 bits per heavy atom. The third-order valence-corrected chi connectivity index (χ3v) is 4.57. The number of fused-ring (bicyclic) bond motifs is 1. The highest BCUT2D eigenvalue weighted by Gasteiger charge is 2.14. The lowest BCUT2D eigenvalue weighted by Crippen LogP contribution is -2.44. The average molecular weight is 310 g/mol. The van der Waals surface area contributed by atoms with Gasteiger partial charge in [0.1, 0.15) is 6.04 Å². The number of anilines is 1. The fourth-order valence-electron chi connectivity index (χ4n) is 1.60. The minimum absolute atomic E-state index is 0.322. The molecule has 0 aliphatic carbocycles. The monoisotopic (exact) mass is 310 g/mol. The minimum atomic E-state index is -0.727. The maximum Gasteiger partial charge on any atom is 0.312 e. The number of nitrogens with zero attached hydrogens (tertiary/aromatic N) is 1. The van der Waals surface area contributed by atoms with Crippen LogP contribution in [0.25, 0.3) is 10.2 Å². The topological polar surface area (TPSA) is 97.1 Å². The predicted octanol–water partition coefficient (Wildman–Crippen LogP) is 2.01. The number of hydrogen-bond donors (Lipinski definition) is 3. The number of rotatable bonds is 4. The van der Waals surface area contributed by atoms with Gasteiger partial charge < -0.3 is 16.4 Å². The van der Waals surface area contributed by atoms with E-state index in [2.05, 4.69) is 15.6 Å². The Morgan fingerprint density at radius 2 is 2.20 bits per heavy atom. The van der Waals surface area contributed by atoms with Crippen LogP contribution in [0.4, 0.5) is 10.5 Å². The van der Waals surface area contributed by atoms with Crippen molar-refractivity contribution in [2.75, 3.05) is 11.6 Å². The van der Waals surface area contributed by atoms with Crippen LogP contribution in [0.5, 0.6) is 0 Å². The summed E-state index contributed by atoms with van der Waals surface area (Å²) in [4.78, 5) is 27.0. The van der Waals surface area contributed by atoms with E-state index in [1.165, 1.54) is 0 Å². The molecule has 1 heterocycles. The van der Waals surface area contributed by atoms with E-state index in [9.17, 15) is 9.59 Å². The van der Waals surface area contributed by atoms with Crippen LogP contribution in [0.1, 0.15) is 6.92 Å². The van der Waals surface area contributed by atoms with Crippen molar-refractivity contribution >= 4 is 50.9 Å². The van der Waals surface area contributed by atoms with Crippen molar-refractivity contribution in [3.8, 4) is 0 Å². The molecule has 20 heavy (non-hydrogen) atoms. The molecule has 106 valence electrons. The number of carbonyl (C=O) groups is 2. The number of hydrogen-bond acceptors (Lipinski definition) is 5. The fourth-order valence-corrected chi connectivity index (χ4v) is 3.13. The number of aromatic nitrogens is 1. The first-order valence-electron chi connectivity index (χ1n) is 5.81. The molecule has 1 atom stereocenters. The van der Waals surface area contributed by atoms with Gasteiger partial charge in [0.2, 0.25) is 5.91 Å². The highest BCUT2D eigenvalue weighted by Crippen LogP contribution is 2.29. The van der Waals surface area contributed by atoms with E-state index in [1.54, 1.807) is 36.1 Å². The Labute approximate surface area is 124 Å². The third-order valence-electron chi connectivity index (χ3n) is 2.56. The van der Waals surface area contributed by atoms with Gasteiger partial charge in [-0.05, 0) is 31.4 Å². The summed E-state index contributed by atoms with van der Waals surface area (Å²) < 4.78 is 1.98. The van der Waals surface area contributed by atoms with Crippen molar-refractivity contribution in [3.63, 3.8) is 0 Å². The second-order valence-corrected chi connectivity index (χ2v) is 6.17. The van der Waals surface area contributed by atoms with Crippen LogP contribution >= 0.6 is 23.1 Å². The second-order valence-electron chi connectivity index (χ2n) is 4.09. The Bertz CT molecular complexity index is 656. The van der Waals surface area contributed by atoms with Crippen LogP contribution in [-0.4, -0.2) is 29.2 Å². The van der Waals surface area contributed by atoms with Crippen LogP contribution in [0.2, 0.25) is 0 Å². The number of thiazole rings is 1. The number of urea groups is 1. The SMILES string of the molecule is CSc1nc2ccc(NC(=O)C(C)NC(N)=O)cc2s1. The van der Waals surface area contributed by atoms with Crippen LogP contribution in [0.15, 0.2) is 22.5 Å². The smallest absolute Gasteiger partial charge is 0.312 e. The van der Waals surface area contributed by atoms with E-state index in [-0.39, 0.29) is 5.91 Å². The number of carbonyl (C=O) groups excluding carboxylic acids is 2. The van der Waals surface area contributed by atoms with E-state index in [1.807, 2.05) is 18.4 Å². The summed E-state index contributed by atoms with van der Waals surface area (Å²) in [5.41, 5.74) is 6.55. The van der Waals surface area contributed by atoms with Gasteiger partial charge in [-0.1, -0.05) is 11.8 Å². The number of nitrogens with two attached hydrogens (primary N) is 1. The van der Waals surface area contributed by atoms with Gasteiger partial charge in [-0.2, -0.15) is 0 Å². The zero-order valence-electron chi connectivity index (χ0n) is 11.0. The Morgan fingerprint density at radius 1 is 1.45 bits per heavy atom. The number of amides is 3. The molecule has 2 rings (SSSR count). The predicted molar refractivity (Wildman–Crippen MR) is 82.2 cm³/mol. The zero-order chi connectivity index (χ0) is 14.7. The number of primary amides is 1. The van der Waals surface area contributed by atoms with Crippen molar-refractivity contribution < 1.29 is 9.59 Å². The molecule has 0 saturated heterocycles.